The Labute approximate surface area is 115 Å². The zero-order valence-corrected chi connectivity index (χ0v) is 11.5. The van der Waals surface area contributed by atoms with E-state index in [-0.39, 0.29) is 12.5 Å². The number of aryl methyl sites for hydroxylation is 1. The molecule has 0 aliphatic carbocycles. The number of hydrogen-bond donors (Lipinski definition) is 1. The minimum atomic E-state index is -0.231. The summed E-state index contributed by atoms with van der Waals surface area (Å²) in [5, 5.41) is 3.26. The number of amides is 1. The highest BCUT2D eigenvalue weighted by molar-refractivity contribution is 7.15. The molecule has 0 radical (unpaired) electrons. The molecule has 0 aliphatic heterocycles. The Morgan fingerprint density at radius 3 is 2.58 bits per heavy atom. The topological polar surface area (TPSA) is 60.5 Å². The third-order valence-electron chi connectivity index (χ3n) is 2.30. The number of rotatable bonds is 5. The van der Waals surface area contributed by atoms with Crippen LogP contribution >= 0.6 is 11.3 Å². The van der Waals surface area contributed by atoms with Crippen molar-refractivity contribution < 1.29 is 14.3 Å². The van der Waals surface area contributed by atoms with E-state index in [9.17, 15) is 4.79 Å². The highest BCUT2D eigenvalue weighted by atomic mass is 32.1. The van der Waals surface area contributed by atoms with Crippen molar-refractivity contribution in [2.75, 3.05) is 19.0 Å². The van der Waals surface area contributed by atoms with Gasteiger partial charge in [0, 0.05) is 11.1 Å². The van der Waals surface area contributed by atoms with Crippen LogP contribution in [0.25, 0.3) is 0 Å². The van der Waals surface area contributed by atoms with Gasteiger partial charge < -0.3 is 9.47 Å². The van der Waals surface area contributed by atoms with Crippen molar-refractivity contribution >= 4 is 22.4 Å². The summed E-state index contributed by atoms with van der Waals surface area (Å²) < 4.78 is 10.4. The van der Waals surface area contributed by atoms with E-state index in [1.54, 1.807) is 37.6 Å². The van der Waals surface area contributed by atoms with Crippen LogP contribution in [0, 0.1) is 6.92 Å². The monoisotopic (exact) mass is 278 g/mol. The first-order valence-electron chi connectivity index (χ1n) is 5.66. The minimum absolute atomic E-state index is 0.0506. The van der Waals surface area contributed by atoms with Crippen molar-refractivity contribution in [2.24, 2.45) is 0 Å². The minimum Gasteiger partial charge on any atom is -0.497 e. The summed E-state index contributed by atoms with van der Waals surface area (Å²) in [4.78, 5) is 16.7. The molecule has 0 saturated heterocycles. The summed E-state index contributed by atoms with van der Waals surface area (Å²) in [7, 11) is 1.60. The summed E-state index contributed by atoms with van der Waals surface area (Å²) in [6, 6.07) is 7.05. The van der Waals surface area contributed by atoms with Crippen LogP contribution in [-0.2, 0) is 4.79 Å². The highest BCUT2D eigenvalue weighted by Crippen LogP contribution is 2.18. The van der Waals surface area contributed by atoms with Crippen LogP contribution < -0.4 is 14.8 Å². The molecule has 100 valence electrons. The van der Waals surface area contributed by atoms with Crippen LogP contribution in [0.15, 0.2) is 30.5 Å². The van der Waals surface area contributed by atoms with Gasteiger partial charge in [-0.25, -0.2) is 4.98 Å². The van der Waals surface area contributed by atoms with Crippen molar-refractivity contribution in [3.63, 3.8) is 0 Å². The molecule has 19 heavy (non-hydrogen) atoms. The molecular formula is C13H14N2O3S. The first kappa shape index (κ1) is 13.4. The second-order valence-corrected chi connectivity index (χ2v) is 5.02. The molecule has 0 aliphatic rings. The van der Waals surface area contributed by atoms with Crippen molar-refractivity contribution in [1.82, 2.24) is 4.98 Å². The van der Waals surface area contributed by atoms with Crippen molar-refractivity contribution in [3.05, 3.63) is 35.3 Å². The second-order valence-electron chi connectivity index (χ2n) is 3.79. The van der Waals surface area contributed by atoms with Gasteiger partial charge in [-0.05, 0) is 31.2 Å². The predicted octanol–water partition coefficient (Wildman–Crippen LogP) is 2.48. The van der Waals surface area contributed by atoms with Gasteiger partial charge in [0.2, 0.25) is 0 Å². The van der Waals surface area contributed by atoms with E-state index < -0.39 is 0 Å². The van der Waals surface area contributed by atoms with Crippen LogP contribution in [-0.4, -0.2) is 24.6 Å². The summed E-state index contributed by atoms with van der Waals surface area (Å²) in [6.07, 6.45) is 1.71. The lowest BCUT2D eigenvalue weighted by Crippen LogP contribution is -2.19. The smallest absolute Gasteiger partial charge is 0.264 e. The van der Waals surface area contributed by atoms with Gasteiger partial charge in [0.1, 0.15) is 11.5 Å². The van der Waals surface area contributed by atoms with Crippen LogP contribution in [0.3, 0.4) is 0 Å². The third kappa shape index (κ3) is 3.96. The fourth-order valence-corrected chi connectivity index (χ4v) is 2.07. The number of hydrogen-bond acceptors (Lipinski definition) is 5. The molecular weight excluding hydrogens is 264 g/mol. The largest absolute Gasteiger partial charge is 0.497 e. The fourth-order valence-electron chi connectivity index (χ4n) is 1.39. The van der Waals surface area contributed by atoms with E-state index in [2.05, 4.69) is 10.3 Å². The van der Waals surface area contributed by atoms with Gasteiger partial charge in [-0.3, -0.25) is 10.1 Å². The molecule has 0 saturated carbocycles. The molecule has 1 amide bonds. The van der Waals surface area contributed by atoms with Gasteiger partial charge in [-0.1, -0.05) is 0 Å². The molecule has 2 rings (SSSR count). The number of carbonyl (C=O) groups is 1. The first-order valence-corrected chi connectivity index (χ1v) is 6.48. The number of nitrogens with zero attached hydrogens (tertiary/aromatic N) is 1. The van der Waals surface area contributed by atoms with Gasteiger partial charge in [0.05, 0.1) is 7.11 Å². The number of nitrogens with one attached hydrogen (secondary N) is 1. The van der Waals surface area contributed by atoms with E-state index in [1.165, 1.54) is 11.3 Å². The number of benzene rings is 1. The van der Waals surface area contributed by atoms with Crippen molar-refractivity contribution in [1.29, 1.82) is 0 Å². The summed E-state index contributed by atoms with van der Waals surface area (Å²) >= 11 is 1.43. The van der Waals surface area contributed by atoms with E-state index in [4.69, 9.17) is 9.47 Å². The standard InChI is InChI=1S/C13H14N2O3S/c1-9-7-14-13(19-9)15-12(16)8-18-11-5-3-10(17-2)4-6-11/h3-7H,8H2,1-2H3,(H,14,15,16). The van der Waals surface area contributed by atoms with Crippen LogP contribution in [0.2, 0.25) is 0 Å². The molecule has 5 nitrogen and oxygen atoms in total. The first-order chi connectivity index (χ1) is 9.17. The van der Waals surface area contributed by atoms with Crippen LogP contribution in [0.1, 0.15) is 4.88 Å². The summed E-state index contributed by atoms with van der Waals surface area (Å²) in [6.45, 7) is 1.88. The molecule has 0 unspecified atom stereocenters. The van der Waals surface area contributed by atoms with Crippen molar-refractivity contribution in [2.45, 2.75) is 6.92 Å². The molecule has 0 bridgehead atoms. The number of carbonyl (C=O) groups excluding carboxylic acids is 1. The van der Waals surface area contributed by atoms with E-state index in [0.29, 0.717) is 10.9 Å². The Kier molecular flexibility index (Phi) is 4.35. The molecule has 0 atom stereocenters. The lowest BCUT2D eigenvalue weighted by Gasteiger charge is -2.06. The lowest BCUT2D eigenvalue weighted by atomic mass is 10.3. The lowest BCUT2D eigenvalue weighted by molar-refractivity contribution is -0.118. The third-order valence-corrected chi connectivity index (χ3v) is 3.13. The average molecular weight is 278 g/mol. The zero-order chi connectivity index (χ0) is 13.7. The zero-order valence-electron chi connectivity index (χ0n) is 10.7. The van der Waals surface area contributed by atoms with Gasteiger partial charge in [-0.15, -0.1) is 11.3 Å². The highest BCUT2D eigenvalue weighted by Gasteiger charge is 2.06. The number of aromatic nitrogens is 1. The SMILES string of the molecule is COc1ccc(OCC(=O)Nc2ncc(C)s2)cc1. The molecule has 1 aromatic carbocycles. The van der Waals surface area contributed by atoms with Crippen LogP contribution in [0.4, 0.5) is 5.13 Å². The number of anilines is 1. The Morgan fingerprint density at radius 2 is 2.00 bits per heavy atom. The maximum absolute atomic E-state index is 11.6. The number of ether oxygens (including phenoxy) is 2. The van der Waals surface area contributed by atoms with Gasteiger partial charge in [0.25, 0.3) is 5.91 Å². The summed E-state index contributed by atoms with van der Waals surface area (Å²) in [5.41, 5.74) is 0. The van der Waals surface area contributed by atoms with Crippen LogP contribution in [0.5, 0.6) is 11.5 Å². The number of methoxy groups -OCH3 is 1. The van der Waals surface area contributed by atoms with E-state index in [0.717, 1.165) is 10.6 Å². The molecule has 6 heteroatoms. The maximum Gasteiger partial charge on any atom is 0.264 e. The quantitative estimate of drug-likeness (QED) is 0.912. The molecule has 0 fully saturated rings. The molecule has 2 aromatic rings. The van der Waals surface area contributed by atoms with Crippen molar-refractivity contribution in [3.8, 4) is 11.5 Å². The predicted molar refractivity (Wildman–Crippen MR) is 74.0 cm³/mol. The Hall–Kier alpha value is -2.08. The normalized spacial score (nSPS) is 10.0. The summed E-state index contributed by atoms with van der Waals surface area (Å²) in [5.74, 6) is 1.13. The van der Waals surface area contributed by atoms with E-state index >= 15 is 0 Å². The molecule has 1 N–H and O–H groups in total. The Bertz CT molecular complexity index is 551. The van der Waals surface area contributed by atoms with Gasteiger partial charge in [-0.2, -0.15) is 0 Å². The van der Waals surface area contributed by atoms with Gasteiger partial charge in [0.15, 0.2) is 11.7 Å². The molecule has 0 spiro atoms. The second kappa shape index (κ2) is 6.19. The molecule has 1 aromatic heterocycles. The van der Waals surface area contributed by atoms with Gasteiger partial charge >= 0.3 is 0 Å². The molecule has 1 heterocycles. The average Bonchev–Trinajstić information content (AvgIpc) is 2.82. The fraction of sp³-hybridized carbons (Fsp3) is 0.231. The Morgan fingerprint density at radius 1 is 1.32 bits per heavy atom. The van der Waals surface area contributed by atoms with E-state index in [1.807, 2.05) is 6.92 Å². The Balaban J connectivity index is 1.82. The maximum atomic E-state index is 11.6. The number of thiazole rings is 1.